The number of aliphatic carboxylic acids is 1. The minimum atomic E-state index is -1.09. The van der Waals surface area contributed by atoms with Gasteiger partial charge in [0, 0.05) is 26.6 Å². The third-order valence-corrected chi connectivity index (χ3v) is 4.62. The van der Waals surface area contributed by atoms with Gasteiger partial charge in [-0.15, -0.1) is 11.3 Å². The van der Waals surface area contributed by atoms with Crippen molar-refractivity contribution in [2.75, 3.05) is 32.8 Å². The van der Waals surface area contributed by atoms with E-state index in [1.165, 1.54) is 23.2 Å². The van der Waals surface area contributed by atoms with Crippen LogP contribution in [0.4, 0.5) is 0 Å². The molecule has 1 saturated heterocycles. The predicted molar refractivity (Wildman–Crippen MR) is 84.9 cm³/mol. The van der Waals surface area contributed by atoms with Crippen LogP contribution in [0.25, 0.3) is 0 Å². The Balaban J connectivity index is 1.98. The lowest BCUT2D eigenvalue weighted by atomic mass is 10.2. The molecule has 2 rings (SSSR count). The van der Waals surface area contributed by atoms with Gasteiger partial charge in [-0.3, -0.25) is 14.4 Å². The van der Waals surface area contributed by atoms with E-state index in [0.717, 1.165) is 0 Å². The van der Waals surface area contributed by atoms with Gasteiger partial charge in [-0.05, 0) is 12.1 Å². The van der Waals surface area contributed by atoms with E-state index in [4.69, 9.17) is 21.4 Å². The Kier molecular flexibility index (Phi) is 5.97. The summed E-state index contributed by atoms with van der Waals surface area (Å²) in [7, 11) is 0. The largest absolute Gasteiger partial charge is 0.480 e. The van der Waals surface area contributed by atoms with Crippen molar-refractivity contribution < 1.29 is 24.2 Å². The summed E-state index contributed by atoms with van der Waals surface area (Å²) in [6.07, 6.45) is -0.411. The van der Waals surface area contributed by atoms with E-state index in [1.54, 1.807) is 17.0 Å². The highest BCUT2D eigenvalue weighted by Crippen LogP contribution is 2.23. The highest BCUT2D eigenvalue weighted by Gasteiger charge is 2.28. The molecule has 1 aliphatic rings. The van der Waals surface area contributed by atoms with Crippen LogP contribution in [-0.2, 0) is 14.3 Å². The zero-order chi connectivity index (χ0) is 17.0. The summed E-state index contributed by atoms with van der Waals surface area (Å²) in [5.74, 6) is -1.57. The molecule has 1 N–H and O–H groups in total. The van der Waals surface area contributed by atoms with Crippen molar-refractivity contribution in [3.8, 4) is 0 Å². The van der Waals surface area contributed by atoms with Gasteiger partial charge in [0.15, 0.2) is 0 Å². The van der Waals surface area contributed by atoms with E-state index >= 15 is 0 Å². The predicted octanol–water partition coefficient (Wildman–Crippen LogP) is 1.18. The molecule has 2 heterocycles. The molecule has 1 aromatic rings. The zero-order valence-electron chi connectivity index (χ0n) is 12.5. The van der Waals surface area contributed by atoms with E-state index in [2.05, 4.69) is 0 Å². The van der Waals surface area contributed by atoms with E-state index < -0.39 is 12.1 Å². The molecule has 1 fully saturated rings. The molecule has 126 valence electrons. The standard InChI is InChI=1S/C14H17ClN2O5S/c1-9(18)17(8-13(19)20)7-10-6-16(4-5-22-10)14(21)11-2-3-12(15)23-11/h2-3,10H,4-8H2,1H3,(H,19,20). The number of carbonyl (C=O) groups excluding carboxylic acids is 2. The molecule has 23 heavy (non-hydrogen) atoms. The van der Waals surface area contributed by atoms with Crippen LogP contribution in [0, 0.1) is 0 Å². The van der Waals surface area contributed by atoms with Crippen molar-refractivity contribution in [1.82, 2.24) is 9.80 Å². The number of thiophene rings is 1. The number of amides is 2. The molecule has 0 radical (unpaired) electrons. The van der Waals surface area contributed by atoms with Gasteiger partial charge in [-0.25, -0.2) is 0 Å². The van der Waals surface area contributed by atoms with Gasteiger partial charge in [0.2, 0.25) is 5.91 Å². The summed E-state index contributed by atoms with van der Waals surface area (Å²) < 4.78 is 6.10. The molecule has 0 aromatic carbocycles. The van der Waals surface area contributed by atoms with Crippen molar-refractivity contribution in [3.63, 3.8) is 0 Å². The van der Waals surface area contributed by atoms with Crippen molar-refractivity contribution in [3.05, 3.63) is 21.3 Å². The first-order valence-electron chi connectivity index (χ1n) is 7.00. The smallest absolute Gasteiger partial charge is 0.323 e. The number of carbonyl (C=O) groups is 3. The van der Waals surface area contributed by atoms with Crippen molar-refractivity contribution >= 4 is 40.7 Å². The molecule has 9 heteroatoms. The molecule has 1 aliphatic heterocycles. The number of hydrogen-bond donors (Lipinski definition) is 1. The van der Waals surface area contributed by atoms with Crippen LogP contribution >= 0.6 is 22.9 Å². The van der Waals surface area contributed by atoms with Crippen molar-refractivity contribution in [2.24, 2.45) is 0 Å². The zero-order valence-corrected chi connectivity index (χ0v) is 14.1. The summed E-state index contributed by atoms with van der Waals surface area (Å²) in [6.45, 7) is 2.15. The lowest BCUT2D eigenvalue weighted by molar-refractivity contribution is -0.145. The van der Waals surface area contributed by atoms with E-state index in [1.807, 2.05) is 0 Å². The van der Waals surface area contributed by atoms with Gasteiger partial charge in [0.1, 0.15) is 6.54 Å². The van der Waals surface area contributed by atoms with Crippen LogP contribution in [0.5, 0.6) is 0 Å². The number of halogens is 1. The van der Waals surface area contributed by atoms with Gasteiger partial charge in [0.05, 0.1) is 21.9 Å². The molecule has 1 unspecified atom stereocenters. The Morgan fingerprint density at radius 1 is 1.48 bits per heavy atom. The Morgan fingerprint density at radius 2 is 2.22 bits per heavy atom. The average molecular weight is 361 g/mol. The Morgan fingerprint density at radius 3 is 2.78 bits per heavy atom. The fraction of sp³-hybridized carbons (Fsp3) is 0.500. The normalized spacial score (nSPS) is 17.8. The first-order valence-corrected chi connectivity index (χ1v) is 8.19. The molecular weight excluding hydrogens is 344 g/mol. The van der Waals surface area contributed by atoms with Gasteiger partial charge in [0.25, 0.3) is 5.91 Å². The minimum Gasteiger partial charge on any atom is -0.480 e. The van der Waals surface area contributed by atoms with Crippen LogP contribution < -0.4 is 0 Å². The molecule has 0 bridgehead atoms. The molecule has 0 saturated carbocycles. The van der Waals surface area contributed by atoms with Crippen LogP contribution in [0.2, 0.25) is 4.34 Å². The number of carboxylic acids is 1. The highest BCUT2D eigenvalue weighted by molar-refractivity contribution is 7.17. The van der Waals surface area contributed by atoms with E-state index in [9.17, 15) is 14.4 Å². The quantitative estimate of drug-likeness (QED) is 0.851. The molecule has 2 amide bonds. The maximum Gasteiger partial charge on any atom is 0.323 e. The Bertz CT molecular complexity index is 606. The molecule has 1 aromatic heterocycles. The van der Waals surface area contributed by atoms with Crippen LogP contribution in [0.15, 0.2) is 12.1 Å². The molecule has 7 nitrogen and oxygen atoms in total. The lowest BCUT2D eigenvalue weighted by Gasteiger charge is -2.35. The maximum absolute atomic E-state index is 12.4. The lowest BCUT2D eigenvalue weighted by Crippen LogP contribution is -2.51. The highest BCUT2D eigenvalue weighted by atomic mass is 35.5. The number of nitrogens with zero attached hydrogens (tertiary/aromatic N) is 2. The monoisotopic (exact) mass is 360 g/mol. The number of hydrogen-bond acceptors (Lipinski definition) is 5. The third kappa shape index (κ3) is 4.92. The van der Waals surface area contributed by atoms with Crippen LogP contribution in [-0.4, -0.2) is 71.6 Å². The van der Waals surface area contributed by atoms with Crippen LogP contribution in [0.1, 0.15) is 16.6 Å². The van der Waals surface area contributed by atoms with Crippen molar-refractivity contribution in [2.45, 2.75) is 13.0 Å². The van der Waals surface area contributed by atoms with Gasteiger partial charge < -0.3 is 19.6 Å². The van der Waals surface area contributed by atoms with Gasteiger partial charge in [-0.2, -0.15) is 0 Å². The molecule has 1 atom stereocenters. The van der Waals surface area contributed by atoms with E-state index in [-0.39, 0.29) is 24.9 Å². The molecule has 0 aliphatic carbocycles. The van der Waals surface area contributed by atoms with Gasteiger partial charge in [-0.1, -0.05) is 11.6 Å². The second-order valence-electron chi connectivity index (χ2n) is 5.14. The summed E-state index contributed by atoms with van der Waals surface area (Å²) in [6, 6.07) is 3.34. The maximum atomic E-state index is 12.4. The first-order chi connectivity index (χ1) is 10.9. The molecule has 0 spiro atoms. The Labute approximate surface area is 142 Å². The summed E-state index contributed by atoms with van der Waals surface area (Å²) >= 11 is 7.06. The number of ether oxygens (including phenoxy) is 1. The SMILES string of the molecule is CC(=O)N(CC(=O)O)CC1CN(C(=O)c2ccc(Cl)s2)CCO1. The topological polar surface area (TPSA) is 87.2 Å². The number of carboxylic acid groups (broad SMARTS) is 1. The van der Waals surface area contributed by atoms with Crippen molar-refractivity contribution in [1.29, 1.82) is 0 Å². The minimum absolute atomic E-state index is 0.136. The molecular formula is C14H17ClN2O5S. The van der Waals surface area contributed by atoms with Gasteiger partial charge >= 0.3 is 5.97 Å². The summed E-state index contributed by atoms with van der Waals surface area (Å²) in [5, 5.41) is 8.84. The summed E-state index contributed by atoms with van der Waals surface area (Å²) in [4.78, 5) is 38.1. The average Bonchev–Trinajstić information content (AvgIpc) is 2.92. The number of morpholine rings is 1. The summed E-state index contributed by atoms with van der Waals surface area (Å²) in [5.41, 5.74) is 0. The van der Waals surface area contributed by atoms with E-state index in [0.29, 0.717) is 28.9 Å². The second-order valence-corrected chi connectivity index (χ2v) is 6.86. The fourth-order valence-corrected chi connectivity index (χ4v) is 3.32. The Hall–Kier alpha value is -1.64. The van der Waals surface area contributed by atoms with Crippen LogP contribution in [0.3, 0.4) is 0 Å². The number of rotatable bonds is 5. The second kappa shape index (κ2) is 7.76. The third-order valence-electron chi connectivity index (χ3n) is 3.41. The first kappa shape index (κ1) is 17.7. The fourth-order valence-electron chi connectivity index (χ4n) is 2.31.